The minimum absolute atomic E-state index is 0. The Balaban J connectivity index is 0.00000208. The first-order valence-corrected chi connectivity index (χ1v) is 7.89. The van der Waals surface area contributed by atoms with Gasteiger partial charge in [0.25, 0.3) is 0 Å². The summed E-state index contributed by atoms with van der Waals surface area (Å²) in [5.41, 5.74) is 2.71. The van der Waals surface area contributed by atoms with Gasteiger partial charge in [-0.2, -0.15) is 0 Å². The summed E-state index contributed by atoms with van der Waals surface area (Å²) in [5.74, 6) is 0.770. The molecular weight excluding hydrogens is 487 g/mol. The Bertz CT molecular complexity index is 817. The molecule has 3 heterocycles. The van der Waals surface area contributed by atoms with Gasteiger partial charge in [0, 0.05) is 37.0 Å². The second kappa shape index (κ2) is 8.47. The van der Waals surface area contributed by atoms with Crippen molar-refractivity contribution >= 4 is 51.5 Å². The Morgan fingerprint density at radius 1 is 1.33 bits per heavy atom. The minimum Gasteiger partial charge on any atom is -0.364 e. The third-order valence-corrected chi connectivity index (χ3v) is 3.83. The predicted octanol–water partition coefficient (Wildman–Crippen LogP) is 2.91. The standard InChI is InChI=1S/C15H17BrN6O.HI/c1-17-15(21(2)9-12-5-6-23-20-12)18-7-13-10-22-8-11(16)3-4-14(22)19-13;/h3-6,8,10H,7,9H2,1-2H3,(H,17,18);1H. The molecule has 3 rings (SSSR count). The zero-order valence-electron chi connectivity index (χ0n) is 13.3. The third-order valence-electron chi connectivity index (χ3n) is 3.36. The van der Waals surface area contributed by atoms with Gasteiger partial charge in [-0.25, -0.2) is 4.98 Å². The maximum atomic E-state index is 4.85. The molecule has 128 valence electrons. The average molecular weight is 505 g/mol. The molecule has 0 amide bonds. The SMILES string of the molecule is CN=C(NCc1cn2cc(Br)ccc2n1)N(C)Cc1ccon1.I. The van der Waals surface area contributed by atoms with E-state index in [1.165, 1.54) is 0 Å². The number of fused-ring (bicyclic) bond motifs is 1. The summed E-state index contributed by atoms with van der Waals surface area (Å²) in [4.78, 5) is 10.8. The lowest BCUT2D eigenvalue weighted by Gasteiger charge is -2.20. The van der Waals surface area contributed by atoms with Gasteiger partial charge < -0.3 is 19.1 Å². The van der Waals surface area contributed by atoms with Crippen LogP contribution in [0, 0.1) is 0 Å². The molecule has 1 N–H and O–H groups in total. The van der Waals surface area contributed by atoms with Crippen molar-refractivity contribution in [1.82, 2.24) is 24.8 Å². The molecule has 9 heteroatoms. The molecule has 3 aromatic rings. The van der Waals surface area contributed by atoms with Gasteiger partial charge in [-0.3, -0.25) is 4.99 Å². The van der Waals surface area contributed by atoms with E-state index in [4.69, 9.17) is 4.52 Å². The fraction of sp³-hybridized carbons (Fsp3) is 0.267. The first-order valence-electron chi connectivity index (χ1n) is 7.10. The van der Waals surface area contributed by atoms with Crippen LogP contribution in [-0.4, -0.2) is 39.5 Å². The second-order valence-electron chi connectivity index (χ2n) is 5.09. The number of nitrogens with one attached hydrogen (secondary N) is 1. The number of hydrogen-bond donors (Lipinski definition) is 1. The van der Waals surface area contributed by atoms with Crippen LogP contribution in [0.25, 0.3) is 5.65 Å². The van der Waals surface area contributed by atoms with E-state index in [-0.39, 0.29) is 24.0 Å². The maximum absolute atomic E-state index is 4.85. The molecule has 0 saturated heterocycles. The molecule has 0 radical (unpaired) electrons. The highest BCUT2D eigenvalue weighted by molar-refractivity contribution is 14.0. The van der Waals surface area contributed by atoms with E-state index < -0.39 is 0 Å². The molecule has 7 nitrogen and oxygen atoms in total. The molecular formula is C15H18BrIN6O. The van der Waals surface area contributed by atoms with Gasteiger partial charge in [0.15, 0.2) is 5.96 Å². The second-order valence-corrected chi connectivity index (χ2v) is 6.01. The van der Waals surface area contributed by atoms with Crippen LogP contribution in [0.2, 0.25) is 0 Å². The summed E-state index contributed by atoms with van der Waals surface area (Å²) in [6.45, 7) is 1.21. The number of halogens is 2. The Hall–Kier alpha value is -1.62. The Kier molecular flexibility index (Phi) is 6.60. The summed E-state index contributed by atoms with van der Waals surface area (Å²) in [5, 5.41) is 7.21. The van der Waals surface area contributed by atoms with Crippen LogP contribution in [0.4, 0.5) is 0 Å². The largest absolute Gasteiger partial charge is 0.364 e. The minimum atomic E-state index is 0. The molecule has 0 aliphatic rings. The average Bonchev–Trinajstić information content (AvgIpc) is 3.16. The van der Waals surface area contributed by atoms with Crippen LogP contribution in [0.5, 0.6) is 0 Å². The van der Waals surface area contributed by atoms with E-state index in [9.17, 15) is 0 Å². The quantitative estimate of drug-likeness (QED) is 0.336. The van der Waals surface area contributed by atoms with Crippen LogP contribution >= 0.6 is 39.9 Å². The first-order chi connectivity index (χ1) is 11.2. The summed E-state index contributed by atoms with van der Waals surface area (Å²) in [7, 11) is 3.70. The highest BCUT2D eigenvalue weighted by atomic mass is 127. The topological polar surface area (TPSA) is 71.0 Å². The lowest BCUT2D eigenvalue weighted by Crippen LogP contribution is -2.38. The lowest BCUT2D eigenvalue weighted by molar-refractivity contribution is 0.391. The zero-order chi connectivity index (χ0) is 16.2. The van der Waals surface area contributed by atoms with Gasteiger partial charge in [0.2, 0.25) is 0 Å². The highest BCUT2D eigenvalue weighted by Crippen LogP contribution is 2.12. The molecule has 3 aromatic heterocycles. The number of nitrogens with zero attached hydrogens (tertiary/aromatic N) is 5. The van der Waals surface area contributed by atoms with E-state index in [0.29, 0.717) is 13.1 Å². The molecule has 0 spiro atoms. The smallest absolute Gasteiger partial charge is 0.194 e. The molecule has 0 bridgehead atoms. The highest BCUT2D eigenvalue weighted by Gasteiger charge is 2.09. The molecule has 0 aliphatic heterocycles. The van der Waals surface area contributed by atoms with E-state index in [1.54, 1.807) is 13.3 Å². The number of aromatic nitrogens is 3. The monoisotopic (exact) mass is 504 g/mol. The van der Waals surface area contributed by atoms with Gasteiger partial charge in [-0.05, 0) is 28.1 Å². The van der Waals surface area contributed by atoms with Gasteiger partial charge in [-0.1, -0.05) is 5.16 Å². The molecule has 0 saturated carbocycles. The number of imidazole rings is 1. The van der Waals surface area contributed by atoms with Gasteiger partial charge >= 0.3 is 0 Å². The Morgan fingerprint density at radius 2 is 2.17 bits per heavy atom. The molecule has 0 unspecified atom stereocenters. The van der Waals surface area contributed by atoms with Crippen molar-refractivity contribution in [2.75, 3.05) is 14.1 Å². The van der Waals surface area contributed by atoms with Crippen molar-refractivity contribution in [3.63, 3.8) is 0 Å². The number of hydrogen-bond acceptors (Lipinski definition) is 4. The third kappa shape index (κ3) is 4.47. The molecule has 0 fully saturated rings. The summed E-state index contributed by atoms with van der Waals surface area (Å²) in [6, 6.07) is 5.78. The van der Waals surface area contributed by atoms with Crippen molar-refractivity contribution in [1.29, 1.82) is 0 Å². The van der Waals surface area contributed by atoms with Crippen molar-refractivity contribution in [2.24, 2.45) is 4.99 Å². The molecule has 0 aromatic carbocycles. The van der Waals surface area contributed by atoms with Crippen molar-refractivity contribution in [3.05, 3.63) is 52.7 Å². The molecule has 24 heavy (non-hydrogen) atoms. The van der Waals surface area contributed by atoms with E-state index in [0.717, 1.165) is 27.5 Å². The van der Waals surface area contributed by atoms with Gasteiger partial charge in [0.1, 0.15) is 17.6 Å². The van der Waals surface area contributed by atoms with Gasteiger partial charge in [-0.15, -0.1) is 24.0 Å². The number of pyridine rings is 1. The van der Waals surface area contributed by atoms with E-state index >= 15 is 0 Å². The number of rotatable bonds is 4. The van der Waals surface area contributed by atoms with Crippen LogP contribution in [0.15, 0.2) is 50.8 Å². The Morgan fingerprint density at radius 3 is 2.88 bits per heavy atom. The summed E-state index contributed by atoms with van der Waals surface area (Å²) < 4.78 is 7.86. The molecule has 0 aliphatic carbocycles. The van der Waals surface area contributed by atoms with Crippen LogP contribution in [-0.2, 0) is 13.1 Å². The van der Waals surface area contributed by atoms with Crippen molar-refractivity contribution in [3.8, 4) is 0 Å². The summed E-state index contributed by atoms with van der Waals surface area (Å²) in [6.07, 6.45) is 5.55. The maximum Gasteiger partial charge on any atom is 0.194 e. The normalized spacial score (nSPS) is 11.4. The number of guanidine groups is 1. The Labute approximate surface area is 165 Å². The number of aliphatic imine (C=N–C) groups is 1. The fourth-order valence-electron chi connectivity index (χ4n) is 2.29. The van der Waals surface area contributed by atoms with Gasteiger partial charge in [0.05, 0.1) is 18.8 Å². The fourth-order valence-corrected chi connectivity index (χ4v) is 2.65. The summed E-state index contributed by atoms with van der Waals surface area (Å²) >= 11 is 3.46. The lowest BCUT2D eigenvalue weighted by atomic mass is 10.4. The van der Waals surface area contributed by atoms with E-state index in [1.807, 2.05) is 46.9 Å². The zero-order valence-corrected chi connectivity index (χ0v) is 17.2. The molecule has 0 atom stereocenters. The van der Waals surface area contributed by atoms with E-state index in [2.05, 4.69) is 36.4 Å². The van der Waals surface area contributed by atoms with Crippen LogP contribution < -0.4 is 5.32 Å². The predicted molar refractivity (Wildman–Crippen MR) is 106 cm³/mol. The van der Waals surface area contributed by atoms with Crippen molar-refractivity contribution < 1.29 is 4.52 Å². The first kappa shape index (κ1) is 18.7. The van der Waals surface area contributed by atoms with Crippen LogP contribution in [0.1, 0.15) is 11.4 Å². The van der Waals surface area contributed by atoms with Crippen LogP contribution in [0.3, 0.4) is 0 Å². The van der Waals surface area contributed by atoms with Crippen molar-refractivity contribution in [2.45, 2.75) is 13.1 Å².